The fraction of sp³-hybridized carbons (Fsp3) is 0.350. The third-order valence-electron chi connectivity index (χ3n) is 4.66. The van der Waals surface area contributed by atoms with Crippen LogP contribution < -0.4 is 4.74 Å². The lowest BCUT2D eigenvalue weighted by Crippen LogP contribution is -2.35. The summed E-state index contributed by atoms with van der Waals surface area (Å²) in [5, 5.41) is 11.6. The molecule has 0 radical (unpaired) electrons. The Morgan fingerprint density at radius 1 is 1.23 bits per heavy atom. The number of aromatic nitrogens is 1. The first-order valence-electron chi connectivity index (χ1n) is 8.85. The molecule has 6 heteroatoms. The summed E-state index contributed by atoms with van der Waals surface area (Å²) in [5.74, 6) is 0.774. The number of thiazole rings is 1. The number of hydrogen-bond acceptors (Lipinski definition) is 5. The minimum atomic E-state index is -0.520. The highest BCUT2D eigenvalue weighted by molar-refractivity contribution is 9.10. The van der Waals surface area contributed by atoms with Crippen LogP contribution in [0, 0.1) is 0 Å². The van der Waals surface area contributed by atoms with Gasteiger partial charge < -0.3 is 9.84 Å². The lowest BCUT2D eigenvalue weighted by atomic mass is 10.2. The van der Waals surface area contributed by atoms with Gasteiger partial charge in [-0.05, 0) is 55.8 Å². The molecule has 1 aromatic heterocycles. The molecule has 2 heterocycles. The number of nitrogens with zero attached hydrogens (tertiary/aromatic N) is 2. The topological polar surface area (TPSA) is 45.6 Å². The number of benzene rings is 2. The van der Waals surface area contributed by atoms with Gasteiger partial charge in [0.1, 0.15) is 23.5 Å². The molecule has 0 saturated carbocycles. The third kappa shape index (κ3) is 4.09. The highest BCUT2D eigenvalue weighted by Crippen LogP contribution is 2.36. The molecule has 1 N–H and O–H groups in total. The first-order valence-corrected chi connectivity index (χ1v) is 10.5. The molecule has 1 saturated heterocycles. The predicted octanol–water partition coefficient (Wildman–Crippen LogP) is 4.64. The van der Waals surface area contributed by atoms with Crippen molar-refractivity contribution in [3.8, 4) is 5.75 Å². The van der Waals surface area contributed by atoms with Crippen LogP contribution in [0.2, 0.25) is 0 Å². The first-order chi connectivity index (χ1) is 12.7. The average molecular weight is 433 g/mol. The standard InChI is InChI=1S/C20H21BrN2O2S/c21-14-7-9-16(10-8-14)25-13-15(24)12-23-11-3-5-18(23)20-22-17-4-1-2-6-19(17)26-20/h1-2,4,6-10,15,18,24H,3,5,11-13H2/t15-,18+/m0/s1. The van der Waals surface area contributed by atoms with Gasteiger partial charge in [0.15, 0.2) is 0 Å². The number of fused-ring (bicyclic) bond motifs is 1. The molecule has 2 aromatic carbocycles. The van der Waals surface area contributed by atoms with E-state index >= 15 is 0 Å². The van der Waals surface area contributed by atoms with Crippen molar-refractivity contribution < 1.29 is 9.84 Å². The number of aliphatic hydroxyl groups excluding tert-OH is 1. The zero-order valence-corrected chi connectivity index (χ0v) is 16.7. The minimum absolute atomic E-state index is 0.296. The Hall–Kier alpha value is -1.47. The molecule has 1 fully saturated rings. The van der Waals surface area contributed by atoms with Crippen molar-refractivity contribution in [3.63, 3.8) is 0 Å². The smallest absolute Gasteiger partial charge is 0.119 e. The third-order valence-corrected chi connectivity index (χ3v) is 6.33. The van der Waals surface area contributed by atoms with Crippen molar-refractivity contribution in [2.24, 2.45) is 0 Å². The Labute approximate surface area is 165 Å². The van der Waals surface area contributed by atoms with Crippen molar-refractivity contribution >= 4 is 37.5 Å². The molecular weight excluding hydrogens is 412 g/mol. The van der Waals surface area contributed by atoms with E-state index in [1.165, 1.54) is 4.70 Å². The van der Waals surface area contributed by atoms with E-state index in [9.17, 15) is 5.11 Å². The molecule has 3 aromatic rings. The quantitative estimate of drug-likeness (QED) is 0.616. The van der Waals surface area contributed by atoms with Gasteiger partial charge in [0, 0.05) is 11.0 Å². The van der Waals surface area contributed by atoms with Crippen LogP contribution in [0.25, 0.3) is 10.2 Å². The molecule has 1 aliphatic rings. The largest absolute Gasteiger partial charge is 0.491 e. The van der Waals surface area contributed by atoms with Crippen LogP contribution in [0.1, 0.15) is 23.9 Å². The van der Waals surface area contributed by atoms with Crippen LogP contribution in [0.4, 0.5) is 0 Å². The van der Waals surface area contributed by atoms with Crippen LogP contribution >= 0.6 is 27.3 Å². The van der Waals surface area contributed by atoms with E-state index < -0.39 is 6.10 Å². The Morgan fingerprint density at radius 3 is 2.85 bits per heavy atom. The number of halogens is 1. The Balaban J connectivity index is 1.37. The van der Waals surface area contributed by atoms with E-state index in [0.29, 0.717) is 19.2 Å². The summed E-state index contributed by atoms with van der Waals surface area (Å²) >= 11 is 5.18. The van der Waals surface area contributed by atoms with Gasteiger partial charge in [0.2, 0.25) is 0 Å². The first kappa shape index (κ1) is 17.9. The molecule has 4 rings (SSSR count). The Bertz CT molecular complexity index is 835. The van der Waals surface area contributed by atoms with Crippen molar-refractivity contribution in [1.82, 2.24) is 9.88 Å². The second kappa shape index (κ2) is 8.05. The summed E-state index contributed by atoms with van der Waals surface area (Å²) in [5.41, 5.74) is 1.07. The maximum absolute atomic E-state index is 10.4. The normalized spacial score (nSPS) is 19.1. The average Bonchev–Trinajstić information content (AvgIpc) is 3.27. The highest BCUT2D eigenvalue weighted by Gasteiger charge is 2.30. The molecule has 4 nitrogen and oxygen atoms in total. The predicted molar refractivity (Wildman–Crippen MR) is 109 cm³/mol. The van der Waals surface area contributed by atoms with Crippen LogP contribution in [0.3, 0.4) is 0 Å². The number of rotatable bonds is 6. The fourth-order valence-electron chi connectivity index (χ4n) is 3.40. The zero-order chi connectivity index (χ0) is 17.9. The number of likely N-dealkylation sites (tertiary alicyclic amines) is 1. The summed E-state index contributed by atoms with van der Waals surface area (Å²) in [7, 11) is 0. The van der Waals surface area contributed by atoms with E-state index in [1.54, 1.807) is 11.3 Å². The van der Waals surface area contributed by atoms with Gasteiger partial charge in [-0.2, -0.15) is 0 Å². The van der Waals surface area contributed by atoms with Gasteiger partial charge in [0.25, 0.3) is 0 Å². The second-order valence-electron chi connectivity index (χ2n) is 6.59. The van der Waals surface area contributed by atoms with Crippen molar-refractivity contribution in [2.45, 2.75) is 25.0 Å². The minimum Gasteiger partial charge on any atom is -0.491 e. The van der Waals surface area contributed by atoms with Gasteiger partial charge in [-0.1, -0.05) is 28.1 Å². The van der Waals surface area contributed by atoms with Crippen LogP contribution in [-0.4, -0.2) is 40.8 Å². The molecule has 0 unspecified atom stereocenters. The number of ether oxygens (including phenoxy) is 1. The summed E-state index contributed by atoms with van der Waals surface area (Å²) in [6, 6.07) is 16.2. The Kier molecular flexibility index (Phi) is 5.55. The van der Waals surface area contributed by atoms with E-state index in [1.807, 2.05) is 30.3 Å². The van der Waals surface area contributed by atoms with E-state index in [-0.39, 0.29) is 0 Å². The molecule has 136 valence electrons. The molecule has 0 spiro atoms. The van der Waals surface area contributed by atoms with Crippen molar-refractivity contribution in [1.29, 1.82) is 0 Å². The summed E-state index contributed by atoms with van der Waals surface area (Å²) in [4.78, 5) is 7.15. The lowest BCUT2D eigenvalue weighted by Gasteiger charge is -2.25. The van der Waals surface area contributed by atoms with E-state index in [2.05, 4.69) is 39.0 Å². The number of β-amino-alcohol motifs (C(OH)–C–C–N with tert-alkyl or cyclic N) is 1. The van der Waals surface area contributed by atoms with Crippen LogP contribution in [-0.2, 0) is 0 Å². The van der Waals surface area contributed by atoms with Crippen LogP contribution in [0.15, 0.2) is 53.0 Å². The second-order valence-corrected chi connectivity index (χ2v) is 8.57. The fourth-order valence-corrected chi connectivity index (χ4v) is 4.80. The van der Waals surface area contributed by atoms with Gasteiger partial charge in [-0.15, -0.1) is 11.3 Å². The van der Waals surface area contributed by atoms with E-state index in [0.717, 1.165) is 40.1 Å². The monoisotopic (exact) mass is 432 g/mol. The van der Waals surface area contributed by atoms with Crippen LogP contribution in [0.5, 0.6) is 5.75 Å². The summed E-state index contributed by atoms with van der Waals surface area (Å²) < 4.78 is 7.96. The molecule has 1 aliphatic heterocycles. The SMILES string of the molecule is O[C@H](COc1ccc(Br)cc1)CN1CCC[C@@H]1c1nc2ccccc2s1. The van der Waals surface area contributed by atoms with Crippen molar-refractivity contribution in [3.05, 3.63) is 58.0 Å². The molecule has 0 amide bonds. The number of para-hydroxylation sites is 1. The van der Waals surface area contributed by atoms with Gasteiger partial charge in [0.05, 0.1) is 16.3 Å². The van der Waals surface area contributed by atoms with Crippen molar-refractivity contribution in [2.75, 3.05) is 19.7 Å². The number of aliphatic hydroxyl groups is 1. The van der Waals surface area contributed by atoms with Gasteiger partial charge in [-0.25, -0.2) is 4.98 Å². The number of hydrogen-bond donors (Lipinski definition) is 1. The molecule has 0 bridgehead atoms. The molecule has 26 heavy (non-hydrogen) atoms. The Morgan fingerprint density at radius 2 is 2.04 bits per heavy atom. The lowest BCUT2D eigenvalue weighted by molar-refractivity contribution is 0.0638. The summed E-state index contributed by atoms with van der Waals surface area (Å²) in [6.45, 7) is 1.90. The molecule has 0 aliphatic carbocycles. The van der Waals surface area contributed by atoms with Gasteiger partial charge >= 0.3 is 0 Å². The highest BCUT2D eigenvalue weighted by atomic mass is 79.9. The maximum atomic E-state index is 10.4. The summed E-state index contributed by atoms with van der Waals surface area (Å²) in [6.07, 6.45) is 1.72. The van der Waals surface area contributed by atoms with Gasteiger partial charge in [-0.3, -0.25) is 4.90 Å². The van der Waals surface area contributed by atoms with E-state index in [4.69, 9.17) is 9.72 Å². The zero-order valence-electron chi connectivity index (χ0n) is 14.3. The molecule has 2 atom stereocenters. The molecular formula is C20H21BrN2O2S. The maximum Gasteiger partial charge on any atom is 0.119 e.